The topological polar surface area (TPSA) is 98.8 Å². The lowest BCUT2D eigenvalue weighted by atomic mass is 10.0. The molecule has 2 atom stereocenters. The van der Waals surface area contributed by atoms with Crippen molar-refractivity contribution in [3.05, 3.63) is 101 Å². The summed E-state index contributed by atoms with van der Waals surface area (Å²) in [7, 11) is 0. The highest BCUT2D eigenvalue weighted by Gasteiger charge is 2.43. The average molecular weight is 492 g/mol. The third kappa shape index (κ3) is 3.87. The quantitative estimate of drug-likeness (QED) is 0.311. The molecule has 4 aromatic rings. The highest BCUT2D eigenvalue weighted by molar-refractivity contribution is 7.80. The van der Waals surface area contributed by atoms with Crippen molar-refractivity contribution in [1.82, 2.24) is 10.3 Å². The number of carbonyl (C=O) groups is 1. The Morgan fingerprint density at radius 1 is 1.09 bits per heavy atom. The van der Waals surface area contributed by atoms with E-state index in [1.54, 1.807) is 53.6 Å². The van der Waals surface area contributed by atoms with Crippen LogP contribution in [0.15, 0.2) is 83.4 Å². The molecule has 3 N–H and O–H groups in total. The third-order valence-electron chi connectivity index (χ3n) is 5.64. The van der Waals surface area contributed by atoms with Crippen LogP contribution in [-0.4, -0.2) is 26.3 Å². The SMILES string of the molecule is O=C(O)c1ccccc1-c1ccc([C@@H]2[C@H](c3ccccn3)NC(=S)N2c2cc(Cl)ccc2O)o1. The number of hydrogen-bond donors (Lipinski definition) is 3. The summed E-state index contributed by atoms with van der Waals surface area (Å²) in [6.07, 6.45) is 1.69. The van der Waals surface area contributed by atoms with Crippen molar-refractivity contribution in [3.8, 4) is 17.1 Å². The molecule has 34 heavy (non-hydrogen) atoms. The van der Waals surface area contributed by atoms with Crippen LogP contribution >= 0.6 is 23.8 Å². The molecular formula is C25H18ClN3O4S. The van der Waals surface area contributed by atoms with Crippen molar-refractivity contribution in [3.63, 3.8) is 0 Å². The lowest BCUT2D eigenvalue weighted by Crippen LogP contribution is -2.29. The fourth-order valence-electron chi connectivity index (χ4n) is 4.13. The minimum atomic E-state index is -1.05. The molecule has 1 aliphatic heterocycles. The van der Waals surface area contributed by atoms with Gasteiger partial charge >= 0.3 is 5.97 Å². The maximum absolute atomic E-state index is 11.7. The number of benzene rings is 2. The number of aromatic carboxylic acids is 1. The standard InChI is InChI=1S/C25H18ClN3O4S/c26-14-8-9-19(30)18(13-14)29-23(22(28-25(29)34)17-7-3-4-12-27-17)21-11-10-20(33-21)15-5-1-2-6-16(15)24(31)32/h1-13,22-23,30H,(H,28,34)(H,31,32)/t22-,23+/m0/s1. The number of rotatable bonds is 5. The molecule has 170 valence electrons. The van der Waals surface area contributed by atoms with Crippen molar-refractivity contribution in [2.45, 2.75) is 12.1 Å². The molecule has 2 aromatic heterocycles. The van der Waals surface area contributed by atoms with Crippen LogP contribution in [-0.2, 0) is 0 Å². The van der Waals surface area contributed by atoms with Gasteiger partial charge < -0.3 is 24.8 Å². The van der Waals surface area contributed by atoms with Gasteiger partial charge in [0.15, 0.2) is 5.11 Å². The fourth-order valence-corrected chi connectivity index (χ4v) is 4.64. The second kappa shape index (κ2) is 8.81. The number of nitrogens with one attached hydrogen (secondary N) is 1. The van der Waals surface area contributed by atoms with Crippen molar-refractivity contribution >= 4 is 40.6 Å². The van der Waals surface area contributed by atoms with Gasteiger partial charge in [0.25, 0.3) is 0 Å². The Morgan fingerprint density at radius 3 is 2.65 bits per heavy atom. The minimum absolute atomic E-state index is 0.00298. The van der Waals surface area contributed by atoms with Crippen LogP contribution in [0, 0.1) is 0 Å². The summed E-state index contributed by atoms with van der Waals surface area (Å²) in [6.45, 7) is 0. The molecule has 0 amide bonds. The summed E-state index contributed by atoms with van der Waals surface area (Å²) in [6, 6.07) is 19.5. The van der Waals surface area contributed by atoms with E-state index < -0.39 is 18.1 Å². The summed E-state index contributed by atoms with van der Waals surface area (Å²) < 4.78 is 6.22. The molecule has 3 heterocycles. The van der Waals surface area contributed by atoms with E-state index in [1.807, 2.05) is 18.2 Å². The Hall–Kier alpha value is -3.88. The first-order valence-corrected chi connectivity index (χ1v) is 11.1. The smallest absolute Gasteiger partial charge is 0.336 e. The van der Waals surface area contributed by atoms with Crippen LogP contribution in [0.4, 0.5) is 5.69 Å². The van der Waals surface area contributed by atoms with Crippen molar-refractivity contribution < 1.29 is 19.4 Å². The van der Waals surface area contributed by atoms with E-state index in [4.69, 9.17) is 28.2 Å². The van der Waals surface area contributed by atoms with Crippen LogP contribution in [0.2, 0.25) is 5.02 Å². The Labute approximate surface area is 205 Å². The lowest BCUT2D eigenvalue weighted by Gasteiger charge is -2.26. The van der Waals surface area contributed by atoms with E-state index in [9.17, 15) is 15.0 Å². The van der Waals surface area contributed by atoms with E-state index in [1.165, 1.54) is 12.1 Å². The fraction of sp³-hybridized carbons (Fsp3) is 0.0800. The predicted molar refractivity (Wildman–Crippen MR) is 132 cm³/mol. The monoisotopic (exact) mass is 491 g/mol. The molecule has 0 spiro atoms. The molecular weight excluding hydrogens is 474 g/mol. The predicted octanol–water partition coefficient (Wildman–Crippen LogP) is 5.58. The highest BCUT2D eigenvalue weighted by Crippen LogP contribution is 2.46. The van der Waals surface area contributed by atoms with Crippen LogP contribution in [0.3, 0.4) is 0 Å². The van der Waals surface area contributed by atoms with E-state index >= 15 is 0 Å². The van der Waals surface area contributed by atoms with Gasteiger partial charge in [-0.25, -0.2) is 4.79 Å². The van der Waals surface area contributed by atoms with E-state index in [2.05, 4.69) is 10.3 Å². The summed E-state index contributed by atoms with van der Waals surface area (Å²) >= 11 is 11.9. The maximum Gasteiger partial charge on any atom is 0.336 e. The zero-order valence-corrected chi connectivity index (χ0v) is 19.1. The number of nitrogens with zero attached hydrogens (tertiary/aromatic N) is 2. The number of hydrogen-bond acceptors (Lipinski definition) is 5. The second-order valence-electron chi connectivity index (χ2n) is 7.68. The highest BCUT2D eigenvalue weighted by atomic mass is 35.5. The van der Waals surface area contributed by atoms with Crippen LogP contribution in [0.5, 0.6) is 5.75 Å². The van der Waals surface area contributed by atoms with Gasteiger partial charge in [0, 0.05) is 16.8 Å². The van der Waals surface area contributed by atoms with Crippen molar-refractivity contribution in [1.29, 1.82) is 0 Å². The van der Waals surface area contributed by atoms with Crippen LogP contribution in [0.1, 0.15) is 33.9 Å². The van der Waals surface area contributed by atoms with Gasteiger partial charge in [0.2, 0.25) is 0 Å². The number of halogens is 1. The Morgan fingerprint density at radius 2 is 1.88 bits per heavy atom. The molecule has 1 aliphatic rings. The summed E-state index contributed by atoms with van der Waals surface area (Å²) in [4.78, 5) is 17.9. The van der Waals surface area contributed by atoms with Crippen LogP contribution in [0.25, 0.3) is 11.3 Å². The zero-order chi connectivity index (χ0) is 23.8. The van der Waals surface area contributed by atoms with Gasteiger partial charge in [-0.1, -0.05) is 35.9 Å². The molecule has 7 nitrogen and oxygen atoms in total. The number of carboxylic acids is 1. The molecule has 0 bridgehead atoms. The maximum atomic E-state index is 11.7. The molecule has 1 saturated heterocycles. The molecule has 0 saturated carbocycles. The first kappa shape index (κ1) is 21.9. The van der Waals surface area contributed by atoms with Crippen LogP contribution < -0.4 is 10.2 Å². The van der Waals surface area contributed by atoms with E-state index in [0.29, 0.717) is 32.9 Å². The molecule has 0 radical (unpaired) electrons. The van der Waals surface area contributed by atoms with Gasteiger partial charge in [-0.15, -0.1) is 0 Å². The normalized spacial score (nSPS) is 17.6. The first-order valence-electron chi connectivity index (χ1n) is 10.4. The molecule has 5 rings (SSSR count). The number of furan rings is 1. The number of carboxylic acid groups (broad SMARTS) is 1. The number of thiocarbonyl (C=S) groups is 1. The number of aromatic nitrogens is 1. The lowest BCUT2D eigenvalue weighted by molar-refractivity contribution is 0.0697. The van der Waals surface area contributed by atoms with E-state index in [-0.39, 0.29) is 11.3 Å². The molecule has 2 aromatic carbocycles. The number of anilines is 1. The Kier molecular flexibility index (Phi) is 5.69. The van der Waals surface area contributed by atoms with Crippen molar-refractivity contribution in [2.24, 2.45) is 0 Å². The number of phenolic OH excluding ortho intramolecular Hbond substituents is 1. The van der Waals surface area contributed by atoms with Crippen molar-refractivity contribution in [2.75, 3.05) is 4.90 Å². The zero-order valence-electron chi connectivity index (χ0n) is 17.6. The van der Waals surface area contributed by atoms with Gasteiger partial charge in [-0.3, -0.25) is 4.98 Å². The Bertz CT molecular complexity index is 1390. The number of phenols is 1. The van der Waals surface area contributed by atoms with Gasteiger partial charge in [0.1, 0.15) is 23.3 Å². The third-order valence-corrected chi connectivity index (χ3v) is 6.19. The largest absolute Gasteiger partial charge is 0.506 e. The number of aromatic hydroxyl groups is 1. The Balaban J connectivity index is 1.65. The van der Waals surface area contributed by atoms with Gasteiger partial charge in [-0.2, -0.15) is 0 Å². The number of pyridine rings is 1. The summed E-state index contributed by atoms with van der Waals surface area (Å²) in [5, 5.41) is 24.3. The molecule has 0 unspecified atom stereocenters. The molecule has 0 aliphatic carbocycles. The first-order chi connectivity index (χ1) is 16.4. The molecule has 9 heteroatoms. The second-order valence-corrected chi connectivity index (χ2v) is 8.51. The molecule has 1 fully saturated rings. The average Bonchev–Trinajstić information content (AvgIpc) is 3.46. The summed E-state index contributed by atoms with van der Waals surface area (Å²) in [5.74, 6) is -0.129. The minimum Gasteiger partial charge on any atom is -0.506 e. The summed E-state index contributed by atoms with van der Waals surface area (Å²) in [5.41, 5.74) is 1.73. The van der Waals surface area contributed by atoms with Gasteiger partial charge in [0.05, 0.1) is 23.0 Å². The van der Waals surface area contributed by atoms with E-state index in [0.717, 1.165) is 5.69 Å². The van der Waals surface area contributed by atoms with Gasteiger partial charge in [-0.05, 0) is 60.7 Å².